The minimum atomic E-state index is -0.0625. The lowest BCUT2D eigenvalue weighted by Crippen LogP contribution is -2.40. The summed E-state index contributed by atoms with van der Waals surface area (Å²) in [6.45, 7) is 3.27. The number of aromatic nitrogens is 2. The van der Waals surface area contributed by atoms with Gasteiger partial charge in [0.05, 0.1) is 6.54 Å². The second-order valence-corrected chi connectivity index (χ2v) is 8.78. The third kappa shape index (κ3) is 4.31. The van der Waals surface area contributed by atoms with E-state index in [2.05, 4.69) is 29.4 Å². The first-order chi connectivity index (χ1) is 15.7. The Balaban J connectivity index is 1.21. The summed E-state index contributed by atoms with van der Waals surface area (Å²) >= 11 is 0. The zero-order valence-corrected chi connectivity index (χ0v) is 18.2. The highest BCUT2D eigenvalue weighted by Gasteiger charge is 2.30. The van der Waals surface area contributed by atoms with Gasteiger partial charge >= 0.3 is 0 Å². The zero-order valence-electron chi connectivity index (χ0n) is 18.2. The van der Waals surface area contributed by atoms with Crippen molar-refractivity contribution in [1.82, 2.24) is 19.6 Å². The van der Waals surface area contributed by atoms with Crippen LogP contribution in [0.2, 0.25) is 0 Å². The second kappa shape index (κ2) is 8.99. The molecule has 0 N–H and O–H groups in total. The first-order valence-corrected chi connectivity index (χ1v) is 11.4. The summed E-state index contributed by atoms with van der Waals surface area (Å²) in [5.74, 6) is 0.477. The minimum absolute atomic E-state index is 0.0618. The fourth-order valence-electron chi connectivity index (χ4n) is 4.75. The van der Waals surface area contributed by atoms with Gasteiger partial charge in [-0.1, -0.05) is 60.7 Å². The van der Waals surface area contributed by atoms with E-state index in [0.29, 0.717) is 36.9 Å². The highest BCUT2D eigenvalue weighted by atomic mass is 16.2. The number of carbonyl (C=O) groups excluding carboxylic acids is 2. The lowest BCUT2D eigenvalue weighted by molar-refractivity contribution is 0.0670. The SMILES string of the molecule is O=C(c1cc2n(n1)CCN(Cc1ccccc1)C2=O)N1CCC(Cc2ccccc2)CC1. The smallest absolute Gasteiger partial charge is 0.274 e. The maximum absolute atomic E-state index is 13.1. The van der Waals surface area contributed by atoms with E-state index in [9.17, 15) is 9.59 Å². The van der Waals surface area contributed by atoms with E-state index in [1.807, 2.05) is 46.2 Å². The summed E-state index contributed by atoms with van der Waals surface area (Å²) in [4.78, 5) is 29.8. The van der Waals surface area contributed by atoms with Gasteiger partial charge in [-0.25, -0.2) is 0 Å². The van der Waals surface area contributed by atoms with Gasteiger partial charge in [0, 0.05) is 32.2 Å². The van der Waals surface area contributed by atoms with Crippen molar-refractivity contribution in [1.29, 1.82) is 0 Å². The predicted octanol–water partition coefficient (Wildman–Crippen LogP) is 3.63. The van der Waals surface area contributed by atoms with Crippen molar-refractivity contribution in [3.63, 3.8) is 0 Å². The largest absolute Gasteiger partial charge is 0.337 e. The quantitative estimate of drug-likeness (QED) is 0.624. The molecule has 1 saturated heterocycles. The average molecular weight is 429 g/mol. The Bertz CT molecular complexity index is 1090. The maximum atomic E-state index is 13.1. The van der Waals surface area contributed by atoms with Crippen LogP contribution in [0.15, 0.2) is 66.7 Å². The van der Waals surface area contributed by atoms with Crippen molar-refractivity contribution in [2.24, 2.45) is 5.92 Å². The van der Waals surface area contributed by atoms with Crippen molar-refractivity contribution < 1.29 is 9.59 Å². The maximum Gasteiger partial charge on any atom is 0.274 e. The first-order valence-electron chi connectivity index (χ1n) is 11.4. The van der Waals surface area contributed by atoms with Gasteiger partial charge in [-0.15, -0.1) is 0 Å². The van der Waals surface area contributed by atoms with E-state index in [0.717, 1.165) is 37.9 Å². The molecule has 6 heteroatoms. The third-order valence-electron chi connectivity index (χ3n) is 6.57. The summed E-state index contributed by atoms with van der Waals surface area (Å²) in [5.41, 5.74) is 3.35. The Labute approximate surface area is 188 Å². The van der Waals surface area contributed by atoms with Gasteiger partial charge < -0.3 is 9.80 Å². The van der Waals surface area contributed by atoms with E-state index in [1.165, 1.54) is 5.56 Å². The van der Waals surface area contributed by atoms with E-state index in [4.69, 9.17) is 0 Å². The summed E-state index contributed by atoms with van der Waals surface area (Å²) in [6.07, 6.45) is 3.06. The minimum Gasteiger partial charge on any atom is -0.337 e. The lowest BCUT2D eigenvalue weighted by atomic mass is 9.90. The molecule has 1 fully saturated rings. The van der Waals surface area contributed by atoms with Crippen LogP contribution in [0, 0.1) is 5.92 Å². The summed E-state index contributed by atoms with van der Waals surface area (Å²) < 4.78 is 1.69. The molecule has 164 valence electrons. The zero-order chi connectivity index (χ0) is 21.9. The van der Waals surface area contributed by atoms with Gasteiger partial charge in [0.25, 0.3) is 11.8 Å². The van der Waals surface area contributed by atoms with Gasteiger partial charge in [-0.3, -0.25) is 14.3 Å². The Hall–Kier alpha value is -3.41. The number of nitrogens with zero attached hydrogens (tertiary/aromatic N) is 4. The van der Waals surface area contributed by atoms with Gasteiger partial charge in [0.2, 0.25) is 0 Å². The van der Waals surface area contributed by atoms with Crippen LogP contribution in [0.25, 0.3) is 0 Å². The Morgan fingerprint density at radius 3 is 2.22 bits per heavy atom. The van der Waals surface area contributed by atoms with Gasteiger partial charge in [-0.05, 0) is 36.3 Å². The Kier molecular flexibility index (Phi) is 5.75. The number of benzene rings is 2. The van der Waals surface area contributed by atoms with Crippen LogP contribution in [0.1, 0.15) is 44.9 Å². The molecule has 0 radical (unpaired) electrons. The monoisotopic (exact) mass is 428 g/mol. The number of likely N-dealkylation sites (tertiary alicyclic amines) is 1. The number of piperidine rings is 1. The number of hydrogen-bond donors (Lipinski definition) is 0. The molecule has 3 heterocycles. The molecular weight excluding hydrogens is 400 g/mol. The summed E-state index contributed by atoms with van der Waals surface area (Å²) in [5, 5.41) is 4.48. The van der Waals surface area contributed by atoms with Crippen LogP contribution >= 0.6 is 0 Å². The van der Waals surface area contributed by atoms with E-state index < -0.39 is 0 Å². The topological polar surface area (TPSA) is 58.4 Å². The molecule has 0 spiro atoms. The van der Waals surface area contributed by atoms with Crippen LogP contribution in [-0.2, 0) is 19.5 Å². The van der Waals surface area contributed by atoms with Crippen molar-refractivity contribution in [2.75, 3.05) is 19.6 Å². The highest BCUT2D eigenvalue weighted by molar-refractivity contribution is 5.98. The van der Waals surface area contributed by atoms with Gasteiger partial charge in [0.15, 0.2) is 5.69 Å². The molecule has 6 nitrogen and oxygen atoms in total. The first kappa shape index (κ1) is 20.5. The number of fused-ring (bicyclic) bond motifs is 1. The fourth-order valence-corrected chi connectivity index (χ4v) is 4.75. The Morgan fingerprint density at radius 2 is 1.53 bits per heavy atom. The molecule has 0 bridgehead atoms. The van der Waals surface area contributed by atoms with Crippen LogP contribution < -0.4 is 0 Å². The average Bonchev–Trinajstić information content (AvgIpc) is 3.28. The van der Waals surface area contributed by atoms with Crippen molar-refractivity contribution in [3.8, 4) is 0 Å². The number of amides is 2. The molecular formula is C26H28N4O2. The van der Waals surface area contributed by atoms with Crippen molar-refractivity contribution >= 4 is 11.8 Å². The molecule has 5 rings (SSSR count). The molecule has 0 saturated carbocycles. The lowest BCUT2D eigenvalue weighted by Gasteiger charge is -2.31. The number of hydrogen-bond acceptors (Lipinski definition) is 3. The predicted molar refractivity (Wildman–Crippen MR) is 122 cm³/mol. The number of rotatable bonds is 5. The Morgan fingerprint density at radius 1 is 0.875 bits per heavy atom. The van der Waals surface area contributed by atoms with Gasteiger partial charge in [0.1, 0.15) is 5.69 Å². The molecule has 2 amide bonds. The molecule has 2 aliphatic heterocycles. The van der Waals surface area contributed by atoms with Crippen molar-refractivity contribution in [3.05, 3.63) is 89.2 Å². The standard InChI is InChI=1S/C26H28N4O2/c31-25(28-13-11-21(12-14-28)17-20-7-3-1-4-8-20)23-18-24-26(32)29(15-16-30(24)27-23)19-22-9-5-2-6-10-22/h1-10,18,21H,11-17,19H2. The highest BCUT2D eigenvalue weighted by Crippen LogP contribution is 2.24. The second-order valence-electron chi connectivity index (χ2n) is 8.78. The summed E-state index contributed by atoms with van der Waals surface area (Å²) in [6, 6.07) is 22.2. The van der Waals surface area contributed by atoms with E-state index in [1.54, 1.807) is 10.7 Å². The molecule has 0 atom stereocenters. The molecule has 1 aromatic heterocycles. The normalized spacial score (nSPS) is 16.8. The van der Waals surface area contributed by atoms with E-state index in [-0.39, 0.29) is 11.8 Å². The van der Waals surface area contributed by atoms with Crippen LogP contribution in [0.3, 0.4) is 0 Å². The molecule has 32 heavy (non-hydrogen) atoms. The van der Waals surface area contributed by atoms with Gasteiger partial charge in [-0.2, -0.15) is 5.10 Å². The van der Waals surface area contributed by atoms with Crippen molar-refractivity contribution in [2.45, 2.75) is 32.4 Å². The third-order valence-corrected chi connectivity index (χ3v) is 6.57. The van der Waals surface area contributed by atoms with Crippen LogP contribution in [0.5, 0.6) is 0 Å². The van der Waals surface area contributed by atoms with E-state index >= 15 is 0 Å². The number of carbonyl (C=O) groups is 2. The summed E-state index contributed by atoms with van der Waals surface area (Å²) in [7, 11) is 0. The van der Waals surface area contributed by atoms with Crippen LogP contribution in [0.4, 0.5) is 0 Å². The molecule has 0 aliphatic carbocycles. The molecule has 0 unspecified atom stereocenters. The molecule has 2 aromatic carbocycles. The molecule has 3 aromatic rings. The molecule has 2 aliphatic rings. The van der Waals surface area contributed by atoms with Crippen LogP contribution in [-0.4, -0.2) is 51.0 Å². The fraction of sp³-hybridized carbons (Fsp3) is 0.346.